The normalized spacial score (nSPS) is 14.0. The molecule has 0 unspecified atom stereocenters. The van der Waals surface area contributed by atoms with Gasteiger partial charge >= 0.3 is 6.03 Å². The van der Waals surface area contributed by atoms with E-state index in [0.29, 0.717) is 53.5 Å². The summed E-state index contributed by atoms with van der Waals surface area (Å²) in [6.45, 7) is 4.42. The average molecular weight is 482 g/mol. The van der Waals surface area contributed by atoms with Gasteiger partial charge in [-0.2, -0.15) is 0 Å². The number of anilines is 2. The first-order valence-electron chi connectivity index (χ1n) is 10.6. The molecule has 0 spiro atoms. The standard InChI is InChI=1S/C24H21Cl2N5O2/c1-15-4-6-19-17(13-15)23(29-22(27-19)21-3-2-12-33-21)30-8-10-31(11-9-30)24(32)28-20-7-5-16(25)14-18(20)26/h2-7,12-14H,8-11H2,1H3,(H,28,32). The first-order valence-corrected chi connectivity index (χ1v) is 11.3. The predicted molar refractivity (Wildman–Crippen MR) is 131 cm³/mol. The second-order valence-corrected chi connectivity index (χ2v) is 8.74. The molecule has 2 amide bonds. The summed E-state index contributed by atoms with van der Waals surface area (Å²) in [5, 5.41) is 4.78. The Hall–Kier alpha value is -3.29. The molecule has 7 nitrogen and oxygen atoms in total. The van der Waals surface area contributed by atoms with Crippen molar-refractivity contribution in [2.75, 3.05) is 36.4 Å². The van der Waals surface area contributed by atoms with Gasteiger partial charge in [0.1, 0.15) is 5.82 Å². The number of amides is 2. The van der Waals surface area contributed by atoms with Crippen LogP contribution in [0.4, 0.5) is 16.3 Å². The van der Waals surface area contributed by atoms with Gasteiger partial charge in [0.05, 0.1) is 22.5 Å². The lowest BCUT2D eigenvalue weighted by atomic mass is 10.1. The number of carbonyl (C=O) groups excluding carboxylic acids is 1. The summed E-state index contributed by atoms with van der Waals surface area (Å²) in [7, 11) is 0. The molecule has 4 aromatic rings. The van der Waals surface area contributed by atoms with E-state index in [2.05, 4.69) is 16.3 Å². The van der Waals surface area contributed by atoms with Crippen LogP contribution in [0.1, 0.15) is 5.56 Å². The zero-order chi connectivity index (χ0) is 22.9. The van der Waals surface area contributed by atoms with Crippen molar-refractivity contribution in [1.29, 1.82) is 0 Å². The van der Waals surface area contributed by atoms with Gasteiger partial charge in [-0.05, 0) is 49.4 Å². The SMILES string of the molecule is Cc1ccc2nc(-c3ccco3)nc(N3CCN(C(=O)Nc4ccc(Cl)cc4Cl)CC3)c2c1. The summed E-state index contributed by atoms with van der Waals surface area (Å²) in [6, 6.07) is 14.6. The van der Waals surface area contributed by atoms with E-state index in [1.165, 1.54) is 0 Å². The van der Waals surface area contributed by atoms with E-state index in [9.17, 15) is 4.79 Å². The highest BCUT2D eigenvalue weighted by Crippen LogP contribution is 2.30. The van der Waals surface area contributed by atoms with Gasteiger partial charge in [0.2, 0.25) is 0 Å². The average Bonchev–Trinajstić information content (AvgIpc) is 3.35. The highest BCUT2D eigenvalue weighted by atomic mass is 35.5. The van der Waals surface area contributed by atoms with Crippen LogP contribution in [0.3, 0.4) is 0 Å². The van der Waals surface area contributed by atoms with Crippen molar-refractivity contribution in [3.05, 3.63) is 70.4 Å². The summed E-state index contributed by atoms with van der Waals surface area (Å²) in [6.07, 6.45) is 1.61. The molecule has 1 aliphatic heterocycles. The van der Waals surface area contributed by atoms with Crippen molar-refractivity contribution in [3.8, 4) is 11.6 Å². The monoisotopic (exact) mass is 481 g/mol. The largest absolute Gasteiger partial charge is 0.461 e. The third-order valence-electron chi connectivity index (χ3n) is 5.61. The van der Waals surface area contributed by atoms with Crippen molar-refractivity contribution in [1.82, 2.24) is 14.9 Å². The van der Waals surface area contributed by atoms with Gasteiger partial charge in [-0.3, -0.25) is 0 Å². The number of aryl methyl sites for hydroxylation is 1. The second-order valence-electron chi connectivity index (χ2n) is 7.90. The van der Waals surface area contributed by atoms with E-state index in [1.54, 1.807) is 29.4 Å². The highest BCUT2D eigenvalue weighted by Gasteiger charge is 2.25. The molecule has 1 saturated heterocycles. The van der Waals surface area contributed by atoms with E-state index in [0.717, 1.165) is 22.3 Å². The van der Waals surface area contributed by atoms with Gasteiger partial charge in [0, 0.05) is 36.6 Å². The molecule has 1 fully saturated rings. The summed E-state index contributed by atoms with van der Waals surface area (Å²) in [5.74, 6) is 2.01. The number of halogens is 2. The minimum absolute atomic E-state index is 0.196. The Balaban J connectivity index is 1.36. The molecule has 1 N–H and O–H groups in total. The van der Waals surface area contributed by atoms with Gasteiger partial charge in [0.15, 0.2) is 11.6 Å². The molecule has 1 aliphatic rings. The van der Waals surface area contributed by atoms with Crippen molar-refractivity contribution in [2.45, 2.75) is 6.92 Å². The van der Waals surface area contributed by atoms with Crippen LogP contribution >= 0.6 is 23.2 Å². The van der Waals surface area contributed by atoms with Crippen LogP contribution < -0.4 is 10.2 Å². The Morgan fingerprint density at radius 1 is 1.03 bits per heavy atom. The maximum absolute atomic E-state index is 12.8. The van der Waals surface area contributed by atoms with Crippen molar-refractivity contribution in [2.24, 2.45) is 0 Å². The van der Waals surface area contributed by atoms with Gasteiger partial charge in [0.25, 0.3) is 0 Å². The zero-order valence-corrected chi connectivity index (χ0v) is 19.4. The fourth-order valence-electron chi connectivity index (χ4n) is 3.89. The zero-order valence-electron chi connectivity index (χ0n) is 17.9. The maximum Gasteiger partial charge on any atom is 0.322 e. The lowest BCUT2D eigenvalue weighted by Crippen LogP contribution is -2.50. The summed E-state index contributed by atoms with van der Waals surface area (Å²) in [5.41, 5.74) is 2.53. The molecular formula is C24H21Cl2N5O2. The molecule has 0 atom stereocenters. The van der Waals surface area contributed by atoms with Gasteiger partial charge in [-0.1, -0.05) is 34.8 Å². The number of nitrogens with one attached hydrogen (secondary N) is 1. The number of benzene rings is 2. The van der Waals surface area contributed by atoms with E-state index in [-0.39, 0.29) is 6.03 Å². The fraction of sp³-hybridized carbons (Fsp3) is 0.208. The van der Waals surface area contributed by atoms with Crippen molar-refractivity contribution < 1.29 is 9.21 Å². The molecule has 168 valence electrons. The Kier molecular flexibility index (Phi) is 5.83. The van der Waals surface area contributed by atoms with Gasteiger partial charge in [-0.25, -0.2) is 14.8 Å². The van der Waals surface area contributed by atoms with Gasteiger partial charge < -0.3 is 19.5 Å². The lowest BCUT2D eigenvalue weighted by molar-refractivity contribution is 0.208. The number of hydrogen-bond donors (Lipinski definition) is 1. The number of furan rings is 1. The van der Waals surface area contributed by atoms with Crippen molar-refractivity contribution >= 4 is 51.6 Å². The predicted octanol–water partition coefficient (Wildman–Crippen LogP) is 5.86. The first-order chi connectivity index (χ1) is 16.0. The molecule has 0 bridgehead atoms. The second kappa shape index (κ2) is 8.92. The number of hydrogen-bond acceptors (Lipinski definition) is 5. The van der Waals surface area contributed by atoms with E-state index in [1.807, 2.05) is 31.2 Å². The number of fused-ring (bicyclic) bond motifs is 1. The number of rotatable bonds is 3. The molecule has 5 rings (SSSR count). The molecule has 9 heteroatoms. The van der Waals surface area contributed by atoms with E-state index < -0.39 is 0 Å². The first kappa shape index (κ1) is 21.6. The van der Waals surface area contributed by atoms with Crippen LogP contribution in [0.25, 0.3) is 22.5 Å². The number of urea groups is 1. The summed E-state index contributed by atoms with van der Waals surface area (Å²) in [4.78, 5) is 26.3. The van der Waals surface area contributed by atoms with Crippen LogP contribution in [-0.2, 0) is 0 Å². The molecule has 3 heterocycles. The highest BCUT2D eigenvalue weighted by molar-refractivity contribution is 6.36. The Morgan fingerprint density at radius 3 is 2.58 bits per heavy atom. The molecule has 0 aliphatic carbocycles. The minimum atomic E-state index is -0.196. The molecule has 2 aromatic carbocycles. The molecule has 33 heavy (non-hydrogen) atoms. The molecule has 0 radical (unpaired) electrons. The quantitative estimate of drug-likeness (QED) is 0.396. The molecule has 0 saturated carbocycles. The number of nitrogens with zero attached hydrogens (tertiary/aromatic N) is 4. The smallest absolute Gasteiger partial charge is 0.322 e. The Bertz CT molecular complexity index is 1320. The Labute approximate surface area is 200 Å². The third-order valence-corrected chi connectivity index (χ3v) is 6.16. The van der Waals surface area contributed by atoms with Crippen LogP contribution in [0.5, 0.6) is 0 Å². The Morgan fingerprint density at radius 2 is 1.85 bits per heavy atom. The fourth-order valence-corrected chi connectivity index (χ4v) is 4.35. The molecule has 2 aromatic heterocycles. The van der Waals surface area contributed by atoms with Gasteiger partial charge in [-0.15, -0.1) is 0 Å². The van der Waals surface area contributed by atoms with E-state index in [4.69, 9.17) is 37.6 Å². The van der Waals surface area contributed by atoms with E-state index >= 15 is 0 Å². The number of aromatic nitrogens is 2. The number of piperazine rings is 1. The summed E-state index contributed by atoms with van der Waals surface area (Å²) < 4.78 is 5.53. The van der Waals surface area contributed by atoms with Crippen LogP contribution in [0.2, 0.25) is 10.0 Å². The van der Waals surface area contributed by atoms with Crippen LogP contribution in [-0.4, -0.2) is 47.1 Å². The topological polar surface area (TPSA) is 74.5 Å². The molecular weight excluding hydrogens is 461 g/mol. The summed E-state index contributed by atoms with van der Waals surface area (Å²) >= 11 is 12.1. The van der Waals surface area contributed by atoms with Crippen LogP contribution in [0, 0.1) is 6.92 Å². The maximum atomic E-state index is 12.8. The minimum Gasteiger partial charge on any atom is -0.461 e. The third kappa shape index (κ3) is 4.47. The van der Waals surface area contributed by atoms with Crippen molar-refractivity contribution in [3.63, 3.8) is 0 Å². The lowest BCUT2D eigenvalue weighted by Gasteiger charge is -2.36. The number of carbonyl (C=O) groups is 1. The van der Waals surface area contributed by atoms with Crippen LogP contribution in [0.15, 0.2) is 59.2 Å².